The van der Waals surface area contributed by atoms with Gasteiger partial charge in [-0.25, -0.2) is 8.42 Å². The topological polar surface area (TPSA) is 114 Å². The van der Waals surface area contributed by atoms with Gasteiger partial charge < -0.3 is 15.4 Å². The maximum Gasteiger partial charge on any atom is 0.255 e. The minimum absolute atomic E-state index is 0.0192. The smallest absolute Gasteiger partial charge is 0.255 e. The summed E-state index contributed by atoms with van der Waals surface area (Å²) in [5, 5.41) is 5.55. The van der Waals surface area contributed by atoms with Crippen LogP contribution in [0.5, 0.6) is 0 Å². The molecule has 2 aromatic carbocycles. The first-order valence-corrected chi connectivity index (χ1v) is 11.1. The van der Waals surface area contributed by atoms with Crippen LogP contribution in [0.4, 0.5) is 11.4 Å². The number of carbonyl (C=O) groups excluding carboxylic acids is 2. The van der Waals surface area contributed by atoms with Crippen LogP contribution in [0.1, 0.15) is 33.6 Å². The fourth-order valence-electron chi connectivity index (χ4n) is 3.03. The Balaban J connectivity index is 1.70. The molecule has 0 saturated carbocycles. The number of amides is 2. The highest BCUT2D eigenvalue weighted by molar-refractivity contribution is 7.92. The minimum Gasteiger partial charge on any atom is -0.376 e. The number of rotatable bonds is 7. The molecular weight excluding hydrogens is 394 g/mol. The summed E-state index contributed by atoms with van der Waals surface area (Å²) in [6.07, 6.45) is 2.95. The highest BCUT2D eigenvalue weighted by Crippen LogP contribution is 2.18. The van der Waals surface area contributed by atoms with Crippen LogP contribution >= 0.6 is 0 Å². The summed E-state index contributed by atoms with van der Waals surface area (Å²) in [7, 11) is -3.45. The first kappa shape index (κ1) is 20.8. The van der Waals surface area contributed by atoms with Crippen molar-refractivity contribution in [2.45, 2.75) is 18.9 Å². The molecule has 1 aliphatic heterocycles. The van der Waals surface area contributed by atoms with Crippen LogP contribution < -0.4 is 15.4 Å². The number of anilines is 2. The lowest BCUT2D eigenvalue weighted by atomic mass is 10.1. The van der Waals surface area contributed by atoms with Gasteiger partial charge in [0.25, 0.3) is 11.8 Å². The third-order valence-corrected chi connectivity index (χ3v) is 4.97. The molecule has 9 heteroatoms. The Kier molecular flexibility index (Phi) is 6.50. The van der Waals surface area contributed by atoms with E-state index in [-0.39, 0.29) is 23.3 Å². The molecule has 0 aliphatic carbocycles. The summed E-state index contributed by atoms with van der Waals surface area (Å²) < 4.78 is 30.6. The summed E-state index contributed by atoms with van der Waals surface area (Å²) >= 11 is 0. The van der Waals surface area contributed by atoms with Gasteiger partial charge in [-0.15, -0.1) is 0 Å². The first-order valence-electron chi connectivity index (χ1n) is 9.20. The van der Waals surface area contributed by atoms with E-state index in [1.807, 2.05) is 0 Å². The molecule has 1 aliphatic rings. The molecule has 29 heavy (non-hydrogen) atoms. The maximum absolute atomic E-state index is 12.6. The molecule has 0 spiro atoms. The Labute approximate surface area is 169 Å². The van der Waals surface area contributed by atoms with Gasteiger partial charge in [-0.05, 0) is 43.2 Å². The quantitative estimate of drug-likeness (QED) is 0.639. The van der Waals surface area contributed by atoms with E-state index in [0.717, 1.165) is 19.1 Å². The standard InChI is InChI=1S/C20H23N3O5S/c1-29(26,27)23-15-7-4-6-14(12-15)19(24)22-18-10-3-2-9-17(18)20(25)21-13-16-8-5-11-28-16/h2-4,6-7,9-10,12,16,23H,5,8,11,13H2,1H3,(H,21,25)(H,22,24)/t16-/m1/s1. The SMILES string of the molecule is CS(=O)(=O)Nc1cccc(C(=O)Nc2ccccc2C(=O)NC[C@H]2CCCO2)c1. The Hall–Kier alpha value is -2.91. The third kappa shape index (κ3) is 6.03. The molecule has 154 valence electrons. The molecule has 2 aromatic rings. The van der Waals surface area contributed by atoms with Crippen LogP contribution in [0.25, 0.3) is 0 Å². The number of benzene rings is 2. The molecule has 2 amide bonds. The normalized spacial score (nSPS) is 16.2. The summed E-state index contributed by atoms with van der Waals surface area (Å²) in [5.41, 5.74) is 1.24. The zero-order valence-electron chi connectivity index (χ0n) is 16.0. The average molecular weight is 417 g/mol. The number of hydrogen-bond donors (Lipinski definition) is 3. The largest absolute Gasteiger partial charge is 0.376 e. The van der Waals surface area contributed by atoms with Crippen LogP contribution in [0.2, 0.25) is 0 Å². The van der Waals surface area contributed by atoms with Crippen molar-refractivity contribution in [1.82, 2.24) is 5.32 Å². The van der Waals surface area contributed by atoms with E-state index in [0.29, 0.717) is 24.4 Å². The van der Waals surface area contributed by atoms with E-state index in [2.05, 4.69) is 15.4 Å². The zero-order chi connectivity index (χ0) is 20.9. The van der Waals surface area contributed by atoms with E-state index in [1.54, 1.807) is 42.5 Å². The molecule has 0 unspecified atom stereocenters. The van der Waals surface area contributed by atoms with Gasteiger partial charge in [0.1, 0.15) is 0 Å². The molecule has 3 rings (SSSR count). The summed E-state index contributed by atoms with van der Waals surface area (Å²) in [4.78, 5) is 25.2. The molecule has 1 fully saturated rings. The lowest BCUT2D eigenvalue weighted by Crippen LogP contribution is -2.32. The van der Waals surface area contributed by atoms with Crippen LogP contribution in [0.15, 0.2) is 48.5 Å². The van der Waals surface area contributed by atoms with E-state index in [4.69, 9.17) is 4.74 Å². The molecule has 0 radical (unpaired) electrons. The van der Waals surface area contributed by atoms with Gasteiger partial charge in [0.15, 0.2) is 0 Å². The number of carbonyl (C=O) groups is 2. The van der Waals surface area contributed by atoms with Gasteiger partial charge in [0.05, 0.1) is 23.6 Å². The Morgan fingerprint density at radius 3 is 2.62 bits per heavy atom. The second-order valence-corrected chi connectivity index (χ2v) is 8.55. The van der Waals surface area contributed by atoms with Gasteiger partial charge in [0.2, 0.25) is 10.0 Å². The number of ether oxygens (including phenoxy) is 1. The van der Waals surface area contributed by atoms with Crippen molar-refractivity contribution in [2.75, 3.05) is 29.4 Å². The van der Waals surface area contributed by atoms with Crippen molar-refractivity contribution in [1.29, 1.82) is 0 Å². The van der Waals surface area contributed by atoms with Gasteiger partial charge in [-0.1, -0.05) is 18.2 Å². The lowest BCUT2D eigenvalue weighted by Gasteiger charge is -2.14. The second kappa shape index (κ2) is 9.06. The molecule has 1 heterocycles. The van der Waals surface area contributed by atoms with E-state index < -0.39 is 15.9 Å². The monoisotopic (exact) mass is 417 g/mol. The average Bonchev–Trinajstić information content (AvgIpc) is 3.19. The van der Waals surface area contributed by atoms with Crippen LogP contribution in [-0.4, -0.2) is 45.7 Å². The van der Waals surface area contributed by atoms with Crippen LogP contribution in [-0.2, 0) is 14.8 Å². The van der Waals surface area contributed by atoms with Gasteiger partial charge >= 0.3 is 0 Å². The van der Waals surface area contributed by atoms with Crippen LogP contribution in [0.3, 0.4) is 0 Å². The summed E-state index contributed by atoms with van der Waals surface area (Å²) in [6.45, 7) is 1.13. The van der Waals surface area contributed by atoms with E-state index in [1.165, 1.54) is 6.07 Å². The van der Waals surface area contributed by atoms with Crippen molar-refractivity contribution in [2.24, 2.45) is 0 Å². The van der Waals surface area contributed by atoms with Crippen molar-refractivity contribution >= 4 is 33.2 Å². The fraction of sp³-hybridized carbons (Fsp3) is 0.300. The Morgan fingerprint density at radius 2 is 1.90 bits per heavy atom. The third-order valence-electron chi connectivity index (χ3n) is 4.36. The van der Waals surface area contributed by atoms with Crippen molar-refractivity contribution in [3.8, 4) is 0 Å². The summed E-state index contributed by atoms with van der Waals surface area (Å²) in [6, 6.07) is 12.8. The predicted molar refractivity (Wildman–Crippen MR) is 111 cm³/mol. The number of hydrogen-bond acceptors (Lipinski definition) is 5. The Bertz CT molecular complexity index is 1000. The first-order chi connectivity index (χ1) is 13.8. The molecular formula is C20H23N3O5S. The van der Waals surface area contributed by atoms with Crippen molar-refractivity contribution in [3.05, 3.63) is 59.7 Å². The van der Waals surface area contributed by atoms with Crippen molar-refractivity contribution in [3.63, 3.8) is 0 Å². The number of nitrogens with one attached hydrogen (secondary N) is 3. The molecule has 0 aromatic heterocycles. The molecule has 8 nitrogen and oxygen atoms in total. The highest BCUT2D eigenvalue weighted by atomic mass is 32.2. The zero-order valence-corrected chi connectivity index (χ0v) is 16.8. The number of para-hydroxylation sites is 1. The van der Waals surface area contributed by atoms with Gasteiger partial charge in [0, 0.05) is 24.4 Å². The van der Waals surface area contributed by atoms with E-state index in [9.17, 15) is 18.0 Å². The fourth-order valence-corrected chi connectivity index (χ4v) is 3.58. The molecule has 1 saturated heterocycles. The predicted octanol–water partition coefficient (Wildman–Crippen LogP) is 2.22. The lowest BCUT2D eigenvalue weighted by molar-refractivity contribution is 0.0858. The molecule has 3 N–H and O–H groups in total. The van der Waals surface area contributed by atoms with Gasteiger partial charge in [-0.3, -0.25) is 14.3 Å². The Morgan fingerprint density at radius 1 is 1.10 bits per heavy atom. The number of sulfonamides is 1. The maximum atomic E-state index is 12.6. The minimum atomic E-state index is -3.45. The highest BCUT2D eigenvalue weighted by Gasteiger charge is 2.19. The molecule has 0 bridgehead atoms. The van der Waals surface area contributed by atoms with Crippen LogP contribution in [0, 0.1) is 0 Å². The van der Waals surface area contributed by atoms with Crippen molar-refractivity contribution < 1.29 is 22.7 Å². The van der Waals surface area contributed by atoms with E-state index >= 15 is 0 Å². The van der Waals surface area contributed by atoms with Gasteiger partial charge in [-0.2, -0.15) is 0 Å². The second-order valence-electron chi connectivity index (χ2n) is 6.80. The molecule has 1 atom stereocenters. The summed E-state index contributed by atoms with van der Waals surface area (Å²) in [5.74, 6) is -0.759.